The van der Waals surface area contributed by atoms with E-state index < -0.39 is 6.03 Å². The number of hydrogen-bond donors (Lipinski definition) is 4. The number of hydrogen-bond acceptors (Lipinski definition) is 3. The summed E-state index contributed by atoms with van der Waals surface area (Å²) in [6.07, 6.45) is 4.23. The van der Waals surface area contributed by atoms with E-state index in [4.69, 9.17) is 0 Å². The van der Waals surface area contributed by atoms with Gasteiger partial charge in [-0.3, -0.25) is 14.9 Å². The standard InChI is InChI=1S/C18H26N4O3/c1-19-17(24)14-9-7-13(8-10-14)11-22(2)12-16(23)21-18(25)20-15-5-3-4-6-15/h7-10,15H,3-6,11-12H2,1-2H3,(H,19,24)(H2,20,21,23,25)/p+1. The van der Waals surface area contributed by atoms with Gasteiger partial charge in [-0.2, -0.15) is 0 Å². The third-order valence-corrected chi connectivity index (χ3v) is 4.35. The Balaban J connectivity index is 1.74. The Hall–Kier alpha value is -2.41. The lowest BCUT2D eigenvalue weighted by Gasteiger charge is -2.15. The third kappa shape index (κ3) is 6.19. The van der Waals surface area contributed by atoms with Gasteiger partial charge in [0, 0.05) is 24.2 Å². The summed E-state index contributed by atoms with van der Waals surface area (Å²) in [5.74, 6) is -0.421. The van der Waals surface area contributed by atoms with E-state index in [0.29, 0.717) is 12.1 Å². The molecule has 136 valence electrons. The monoisotopic (exact) mass is 347 g/mol. The van der Waals surface area contributed by atoms with E-state index in [9.17, 15) is 14.4 Å². The Morgan fingerprint density at radius 1 is 1.12 bits per heavy atom. The van der Waals surface area contributed by atoms with Crippen molar-refractivity contribution in [3.8, 4) is 0 Å². The first-order valence-corrected chi connectivity index (χ1v) is 8.70. The van der Waals surface area contributed by atoms with Crippen LogP contribution in [0.3, 0.4) is 0 Å². The smallest absolute Gasteiger partial charge is 0.321 e. The number of rotatable bonds is 6. The normalized spacial score (nSPS) is 15.4. The molecule has 1 saturated carbocycles. The van der Waals surface area contributed by atoms with Crippen molar-refractivity contribution in [2.24, 2.45) is 0 Å². The van der Waals surface area contributed by atoms with Gasteiger partial charge in [-0.1, -0.05) is 25.0 Å². The molecule has 0 saturated heterocycles. The van der Waals surface area contributed by atoms with Crippen molar-refractivity contribution in [2.75, 3.05) is 20.6 Å². The van der Waals surface area contributed by atoms with Crippen molar-refractivity contribution in [3.05, 3.63) is 35.4 Å². The highest BCUT2D eigenvalue weighted by Gasteiger charge is 2.19. The van der Waals surface area contributed by atoms with Gasteiger partial charge >= 0.3 is 6.03 Å². The lowest BCUT2D eigenvalue weighted by molar-refractivity contribution is -0.885. The molecule has 0 bridgehead atoms. The van der Waals surface area contributed by atoms with Crippen molar-refractivity contribution >= 4 is 17.8 Å². The molecule has 1 atom stereocenters. The maximum atomic E-state index is 12.0. The van der Waals surface area contributed by atoms with Gasteiger partial charge < -0.3 is 15.5 Å². The second-order valence-corrected chi connectivity index (χ2v) is 6.59. The summed E-state index contributed by atoms with van der Waals surface area (Å²) in [4.78, 5) is 36.2. The molecule has 1 unspecified atom stereocenters. The number of carbonyl (C=O) groups is 3. The largest absolute Gasteiger partial charge is 0.355 e. The number of imide groups is 1. The minimum absolute atomic E-state index is 0.125. The molecule has 4 amide bonds. The van der Waals surface area contributed by atoms with E-state index >= 15 is 0 Å². The Morgan fingerprint density at radius 3 is 2.36 bits per heavy atom. The van der Waals surface area contributed by atoms with E-state index in [1.165, 1.54) is 0 Å². The summed E-state index contributed by atoms with van der Waals surface area (Å²) in [5.41, 5.74) is 1.62. The van der Waals surface area contributed by atoms with E-state index in [1.54, 1.807) is 19.2 Å². The van der Waals surface area contributed by atoms with Crippen LogP contribution in [0.5, 0.6) is 0 Å². The van der Waals surface area contributed by atoms with Crippen LogP contribution in [0, 0.1) is 0 Å². The number of carbonyl (C=O) groups excluding carboxylic acids is 3. The fraction of sp³-hybridized carbons (Fsp3) is 0.500. The number of urea groups is 1. The van der Waals surface area contributed by atoms with Gasteiger partial charge in [0.05, 0.1) is 7.05 Å². The maximum Gasteiger partial charge on any atom is 0.321 e. The van der Waals surface area contributed by atoms with Crippen molar-refractivity contribution < 1.29 is 19.3 Å². The van der Waals surface area contributed by atoms with Gasteiger partial charge in [0.15, 0.2) is 6.54 Å². The zero-order chi connectivity index (χ0) is 18.2. The summed E-state index contributed by atoms with van der Waals surface area (Å²) in [5, 5.41) is 7.81. The molecule has 0 radical (unpaired) electrons. The summed E-state index contributed by atoms with van der Waals surface area (Å²) in [7, 11) is 3.48. The van der Waals surface area contributed by atoms with Gasteiger partial charge in [-0.05, 0) is 25.0 Å². The number of likely N-dealkylation sites (N-methyl/N-ethyl adjacent to an activating group) is 1. The molecule has 25 heavy (non-hydrogen) atoms. The quantitative estimate of drug-likeness (QED) is 0.576. The van der Waals surface area contributed by atoms with Crippen molar-refractivity contribution in [1.82, 2.24) is 16.0 Å². The van der Waals surface area contributed by atoms with Crippen LogP contribution in [-0.2, 0) is 11.3 Å². The molecule has 0 heterocycles. The molecule has 1 aliphatic rings. The number of benzene rings is 1. The van der Waals surface area contributed by atoms with E-state index in [0.717, 1.165) is 36.1 Å². The van der Waals surface area contributed by atoms with Gasteiger partial charge in [-0.25, -0.2) is 4.79 Å². The first-order chi connectivity index (χ1) is 12.0. The van der Waals surface area contributed by atoms with Crippen LogP contribution in [0.15, 0.2) is 24.3 Å². The second-order valence-electron chi connectivity index (χ2n) is 6.59. The van der Waals surface area contributed by atoms with Crippen LogP contribution < -0.4 is 20.9 Å². The van der Waals surface area contributed by atoms with Crippen LogP contribution in [-0.4, -0.2) is 44.5 Å². The summed E-state index contributed by atoms with van der Waals surface area (Å²) in [6, 6.07) is 7.06. The fourth-order valence-electron chi connectivity index (χ4n) is 3.07. The molecule has 1 fully saturated rings. The highest BCUT2D eigenvalue weighted by atomic mass is 16.2. The minimum atomic E-state index is -0.403. The number of quaternary nitrogens is 1. The zero-order valence-corrected chi connectivity index (χ0v) is 14.9. The van der Waals surface area contributed by atoms with Crippen molar-refractivity contribution in [2.45, 2.75) is 38.3 Å². The maximum absolute atomic E-state index is 12.0. The van der Waals surface area contributed by atoms with Crippen LogP contribution >= 0.6 is 0 Å². The molecule has 1 aromatic carbocycles. The average molecular weight is 347 g/mol. The first kappa shape index (κ1) is 18.9. The SMILES string of the molecule is CNC(=O)c1ccc(C[NH+](C)CC(=O)NC(=O)NC2CCCC2)cc1. The lowest BCUT2D eigenvalue weighted by atomic mass is 10.1. The minimum Gasteiger partial charge on any atom is -0.355 e. The molecule has 1 aliphatic carbocycles. The van der Waals surface area contributed by atoms with Crippen LogP contribution in [0.4, 0.5) is 4.79 Å². The summed E-state index contributed by atoms with van der Waals surface area (Å²) >= 11 is 0. The highest BCUT2D eigenvalue weighted by Crippen LogP contribution is 2.17. The molecule has 1 aromatic rings. The molecule has 4 N–H and O–H groups in total. The first-order valence-electron chi connectivity index (χ1n) is 8.70. The predicted octanol–water partition coefficient (Wildman–Crippen LogP) is -0.171. The Labute approximate surface area is 148 Å². The Kier molecular flexibility index (Phi) is 6.94. The molecule has 0 aliphatic heterocycles. The fourth-order valence-corrected chi connectivity index (χ4v) is 3.07. The van der Waals surface area contributed by atoms with Gasteiger partial charge in [0.1, 0.15) is 6.54 Å². The second kappa shape index (κ2) is 9.17. The van der Waals surface area contributed by atoms with Crippen LogP contribution in [0.25, 0.3) is 0 Å². The molecular formula is C18H27N4O3+. The van der Waals surface area contributed by atoms with Gasteiger partial charge in [0.2, 0.25) is 0 Å². The Morgan fingerprint density at radius 2 is 1.76 bits per heavy atom. The van der Waals surface area contributed by atoms with Crippen LogP contribution in [0.2, 0.25) is 0 Å². The lowest BCUT2D eigenvalue weighted by Crippen LogP contribution is -3.09. The van der Waals surface area contributed by atoms with E-state index in [1.807, 2.05) is 19.2 Å². The predicted molar refractivity (Wildman–Crippen MR) is 94.2 cm³/mol. The topological polar surface area (TPSA) is 91.7 Å². The van der Waals surface area contributed by atoms with Gasteiger partial charge in [0.25, 0.3) is 11.8 Å². The van der Waals surface area contributed by atoms with Crippen LogP contribution in [0.1, 0.15) is 41.6 Å². The molecule has 7 nitrogen and oxygen atoms in total. The molecular weight excluding hydrogens is 320 g/mol. The summed E-state index contributed by atoms with van der Waals surface area (Å²) < 4.78 is 0. The molecule has 0 spiro atoms. The third-order valence-electron chi connectivity index (χ3n) is 4.35. The van der Waals surface area contributed by atoms with Crippen molar-refractivity contribution in [3.63, 3.8) is 0 Å². The van der Waals surface area contributed by atoms with E-state index in [2.05, 4.69) is 16.0 Å². The average Bonchev–Trinajstić information content (AvgIpc) is 3.07. The molecule has 7 heteroatoms. The highest BCUT2D eigenvalue weighted by molar-refractivity contribution is 5.95. The van der Waals surface area contributed by atoms with Gasteiger partial charge in [-0.15, -0.1) is 0 Å². The molecule has 2 rings (SSSR count). The zero-order valence-electron chi connectivity index (χ0n) is 14.9. The van der Waals surface area contributed by atoms with Crippen molar-refractivity contribution in [1.29, 1.82) is 0 Å². The number of nitrogens with one attached hydrogen (secondary N) is 4. The Bertz CT molecular complexity index is 609. The number of amides is 4. The summed E-state index contributed by atoms with van der Waals surface area (Å²) in [6.45, 7) is 0.834. The van der Waals surface area contributed by atoms with E-state index in [-0.39, 0.29) is 24.4 Å². The molecule has 0 aromatic heterocycles.